The molecule has 3 aromatic carbocycles. The minimum Gasteiger partial charge on any atom is -0.465 e. The molecule has 0 radical (unpaired) electrons. The molecular weight excluding hydrogens is 630 g/mol. The molecule has 0 fully saturated rings. The van der Waals surface area contributed by atoms with Crippen LogP contribution in [0.3, 0.4) is 0 Å². The normalized spacial score (nSPS) is 11.7. The van der Waals surface area contributed by atoms with E-state index in [9.17, 15) is 22.8 Å². The summed E-state index contributed by atoms with van der Waals surface area (Å²) in [5, 5.41) is 2.52. The first-order chi connectivity index (χ1) is 21.4. The lowest BCUT2D eigenvalue weighted by molar-refractivity contribution is -0.740. The van der Waals surface area contributed by atoms with E-state index in [1.165, 1.54) is 29.4 Å². The molecule has 13 heteroatoms. The SMILES string of the molecule is CCOC(=O)C(Cl)Cc1cc(-n2nc(C)n(C(F)F)c2=O)c(F)cc1Cl.Cn1c(-c2ccccc2)cc(-c2ccccc2)[n+]1C. The van der Waals surface area contributed by atoms with Crippen molar-refractivity contribution in [3.8, 4) is 28.2 Å². The lowest BCUT2D eigenvalue weighted by Gasteiger charge is -2.12. The molecule has 0 N–H and O–H groups in total. The third kappa shape index (κ3) is 7.49. The Bertz CT molecular complexity index is 1780. The Balaban J connectivity index is 0.000000214. The van der Waals surface area contributed by atoms with Crippen LogP contribution in [0.15, 0.2) is 83.7 Å². The zero-order valence-electron chi connectivity index (χ0n) is 24.9. The Morgan fingerprint density at radius 3 is 2.18 bits per heavy atom. The first kappa shape index (κ1) is 33.5. The summed E-state index contributed by atoms with van der Waals surface area (Å²) >= 11 is 11.9. The molecule has 236 valence electrons. The van der Waals surface area contributed by atoms with Gasteiger partial charge in [-0.25, -0.2) is 13.8 Å². The lowest BCUT2D eigenvalue weighted by Crippen LogP contribution is -2.39. The van der Waals surface area contributed by atoms with Gasteiger partial charge in [0, 0.05) is 28.6 Å². The van der Waals surface area contributed by atoms with Gasteiger partial charge in [-0.2, -0.15) is 18.1 Å². The molecule has 5 rings (SSSR count). The molecule has 5 aromatic rings. The monoisotopic (exact) mass is 660 g/mol. The number of carbonyl (C=O) groups excluding carboxylic acids is 1. The molecule has 0 aliphatic carbocycles. The van der Waals surface area contributed by atoms with Crippen molar-refractivity contribution in [2.45, 2.75) is 32.2 Å². The standard InChI is InChI=1S/C17H17N2.C15H14Cl2F3N3O3/c1-18-16(14-9-5-3-6-10-14)13-17(19(18)2)15-11-7-4-8-12-15;1-3-26-13(24)10(17)4-8-5-12(11(18)6-9(8)16)23-15(25)22(14(19)20)7(2)21-23/h3-13H,1-2H3;5-6,10,14H,3-4H2,1-2H3/q+1;. The van der Waals surface area contributed by atoms with Crippen molar-refractivity contribution in [3.63, 3.8) is 0 Å². The number of hydrogen-bond donors (Lipinski definition) is 0. The maximum atomic E-state index is 14.2. The summed E-state index contributed by atoms with van der Waals surface area (Å²) < 4.78 is 49.9. The number of alkyl halides is 3. The summed E-state index contributed by atoms with van der Waals surface area (Å²) in [5.41, 5.74) is 3.56. The van der Waals surface area contributed by atoms with Crippen LogP contribution in [-0.4, -0.2) is 37.0 Å². The van der Waals surface area contributed by atoms with E-state index in [4.69, 9.17) is 27.9 Å². The molecule has 2 aromatic heterocycles. The van der Waals surface area contributed by atoms with Gasteiger partial charge in [-0.1, -0.05) is 60.1 Å². The molecule has 1 unspecified atom stereocenters. The molecule has 1 atom stereocenters. The topological polar surface area (TPSA) is 74.9 Å². The smallest absolute Gasteiger partial charge is 0.355 e. The van der Waals surface area contributed by atoms with E-state index in [0.717, 1.165) is 12.1 Å². The van der Waals surface area contributed by atoms with Crippen LogP contribution >= 0.6 is 23.2 Å². The van der Waals surface area contributed by atoms with Crippen LogP contribution in [0.1, 0.15) is 24.9 Å². The van der Waals surface area contributed by atoms with Crippen LogP contribution in [0.2, 0.25) is 5.02 Å². The number of rotatable bonds is 8. The van der Waals surface area contributed by atoms with Gasteiger partial charge in [-0.3, -0.25) is 4.79 Å². The largest absolute Gasteiger partial charge is 0.465 e. The average Bonchev–Trinajstić information content (AvgIpc) is 3.49. The van der Waals surface area contributed by atoms with Crippen molar-refractivity contribution in [1.29, 1.82) is 0 Å². The molecule has 0 saturated carbocycles. The van der Waals surface area contributed by atoms with E-state index in [1.807, 2.05) is 12.1 Å². The highest BCUT2D eigenvalue weighted by Gasteiger charge is 2.24. The number of esters is 1. The summed E-state index contributed by atoms with van der Waals surface area (Å²) in [4.78, 5) is 23.7. The van der Waals surface area contributed by atoms with E-state index in [0.29, 0.717) is 4.68 Å². The molecule has 8 nitrogen and oxygen atoms in total. The zero-order valence-corrected chi connectivity index (χ0v) is 26.4. The van der Waals surface area contributed by atoms with Crippen molar-refractivity contribution in [3.05, 3.63) is 112 Å². The average molecular weight is 662 g/mol. The van der Waals surface area contributed by atoms with E-state index in [2.05, 4.69) is 83.2 Å². The highest BCUT2D eigenvalue weighted by Crippen LogP contribution is 2.26. The first-order valence-corrected chi connectivity index (χ1v) is 14.7. The molecule has 0 aliphatic rings. The number of ether oxygens (including phenoxy) is 1. The van der Waals surface area contributed by atoms with Gasteiger partial charge in [-0.15, -0.1) is 21.4 Å². The van der Waals surface area contributed by atoms with Gasteiger partial charge >= 0.3 is 18.2 Å². The summed E-state index contributed by atoms with van der Waals surface area (Å²) in [7, 11) is 4.18. The maximum Gasteiger partial charge on any atom is 0.355 e. The molecule has 0 bridgehead atoms. The predicted molar refractivity (Wildman–Crippen MR) is 166 cm³/mol. The molecule has 45 heavy (non-hydrogen) atoms. The van der Waals surface area contributed by atoms with Crippen LogP contribution in [-0.2, 0) is 30.0 Å². The van der Waals surface area contributed by atoms with Gasteiger partial charge in [0.05, 0.1) is 13.7 Å². The van der Waals surface area contributed by atoms with E-state index < -0.39 is 29.4 Å². The van der Waals surface area contributed by atoms with Crippen molar-refractivity contribution in [1.82, 2.24) is 19.0 Å². The van der Waals surface area contributed by atoms with Gasteiger partial charge in [0.2, 0.25) is 5.69 Å². The van der Waals surface area contributed by atoms with Crippen LogP contribution < -0.4 is 10.4 Å². The number of nitrogens with zero attached hydrogens (tertiary/aromatic N) is 5. The molecule has 0 spiro atoms. The predicted octanol–water partition coefficient (Wildman–Crippen LogP) is 6.43. The number of carbonyl (C=O) groups is 1. The second-order valence-corrected chi connectivity index (χ2v) is 10.8. The lowest BCUT2D eigenvalue weighted by atomic mass is 10.1. The quantitative estimate of drug-likeness (QED) is 0.109. The van der Waals surface area contributed by atoms with E-state index in [-0.39, 0.29) is 39.7 Å². The van der Waals surface area contributed by atoms with Crippen LogP contribution in [0, 0.1) is 12.7 Å². The Labute approximate surface area is 267 Å². The third-order valence-corrected chi connectivity index (χ3v) is 7.71. The highest BCUT2D eigenvalue weighted by molar-refractivity contribution is 6.32. The van der Waals surface area contributed by atoms with Crippen molar-refractivity contribution in [2.24, 2.45) is 14.1 Å². The van der Waals surface area contributed by atoms with Gasteiger partial charge < -0.3 is 4.74 Å². The number of aryl methyl sites for hydroxylation is 1. The van der Waals surface area contributed by atoms with Gasteiger partial charge in [0.1, 0.15) is 22.6 Å². The van der Waals surface area contributed by atoms with Crippen LogP contribution in [0.25, 0.3) is 28.2 Å². The molecule has 0 amide bonds. The summed E-state index contributed by atoms with van der Waals surface area (Å²) in [6.45, 7) is -0.195. The van der Waals surface area contributed by atoms with Gasteiger partial charge in [-0.05, 0) is 43.7 Å². The Morgan fingerprint density at radius 1 is 1.02 bits per heavy atom. The van der Waals surface area contributed by atoms with E-state index in [1.54, 1.807) is 6.92 Å². The summed E-state index contributed by atoms with van der Waals surface area (Å²) in [5.74, 6) is -1.92. The molecule has 0 aliphatic heterocycles. The third-order valence-electron chi connectivity index (χ3n) is 7.02. The zero-order chi connectivity index (χ0) is 32.8. The van der Waals surface area contributed by atoms with Crippen molar-refractivity contribution >= 4 is 29.2 Å². The fraction of sp³-hybridized carbons (Fsp3) is 0.250. The fourth-order valence-corrected chi connectivity index (χ4v) is 5.12. The molecular formula is C32H31Cl2F3N5O3+. The Hall–Kier alpha value is -4.35. The minimum atomic E-state index is -3.12. The second-order valence-electron chi connectivity index (χ2n) is 9.90. The molecule has 2 heterocycles. The van der Waals surface area contributed by atoms with Crippen LogP contribution in [0.4, 0.5) is 13.2 Å². The number of hydrogen-bond acceptors (Lipinski definition) is 4. The number of halogens is 5. The maximum absolute atomic E-state index is 14.2. The Morgan fingerprint density at radius 2 is 1.62 bits per heavy atom. The summed E-state index contributed by atoms with van der Waals surface area (Å²) in [6.07, 6.45) is -0.115. The molecule has 0 saturated heterocycles. The first-order valence-electron chi connectivity index (χ1n) is 13.9. The van der Waals surface area contributed by atoms with Crippen LogP contribution in [0.5, 0.6) is 0 Å². The second kappa shape index (κ2) is 14.6. The summed E-state index contributed by atoms with van der Waals surface area (Å²) in [6, 6.07) is 25.2. The highest BCUT2D eigenvalue weighted by atomic mass is 35.5. The number of benzene rings is 3. The van der Waals surface area contributed by atoms with Gasteiger partial charge in [0.15, 0.2) is 12.9 Å². The van der Waals surface area contributed by atoms with E-state index >= 15 is 0 Å². The number of aromatic nitrogens is 5. The Kier molecular flexibility index (Phi) is 10.9. The van der Waals surface area contributed by atoms with Gasteiger partial charge in [0.25, 0.3) is 0 Å². The fourth-order valence-electron chi connectivity index (χ4n) is 4.66. The van der Waals surface area contributed by atoms with Crippen molar-refractivity contribution < 1.29 is 27.4 Å². The minimum absolute atomic E-state index is 0.0424. The van der Waals surface area contributed by atoms with Crippen molar-refractivity contribution in [2.75, 3.05) is 6.61 Å².